The molecule has 3 rings (SSSR count). The van der Waals surface area contributed by atoms with Crippen LogP contribution >= 0.6 is 0 Å². The summed E-state index contributed by atoms with van der Waals surface area (Å²) in [4.78, 5) is 4.29. The van der Waals surface area contributed by atoms with E-state index in [1.54, 1.807) is 41.1 Å². The van der Waals surface area contributed by atoms with Crippen LogP contribution in [0.2, 0.25) is 0 Å². The lowest BCUT2D eigenvalue weighted by Gasteiger charge is -1.95. The Morgan fingerprint density at radius 3 is 3.06 bits per heavy atom. The van der Waals surface area contributed by atoms with Crippen molar-refractivity contribution in [2.45, 2.75) is 0 Å². The minimum absolute atomic E-state index is 0.368. The Morgan fingerprint density at radius 2 is 2.24 bits per heavy atom. The molecule has 2 N–H and O–H groups in total. The number of aromatic nitrogens is 2. The van der Waals surface area contributed by atoms with Crippen LogP contribution in [0.1, 0.15) is 5.69 Å². The van der Waals surface area contributed by atoms with Gasteiger partial charge >= 0.3 is 6.01 Å². The summed E-state index contributed by atoms with van der Waals surface area (Å²) < 4.78 is 7.15. The number of nitrogen functional groups attached to an aromatic ring is 1. The third-order valence-corrected chi connectivity index (χ3v) is 2.47. The molecule has 0 saturated heterocycles. The van der Waals surface area contributed by atoms with Crippen molar-refractivity contribution in [3.8, 4) is 12.1 Å². The maximum Gasteiger partial charge on any atom is 0.307 e. The fraction of sp³-hybridized carbons (Fsp3) is 0. The average molecular weight is 224 g/mol. The number of hydrogen-bond donors (Lipinski definition) is 1. The predicted molar refractivity (Wildman–Crippen MR) is 62.5 cm³/mol. The predicted octanol–water partition coefficient (Wildman–Crippen LogP) is 2.07. The Balaban J connectivity index is 2.22. The van der Waals surface area contributed by atoms with E-state index in [2.05, 4.69) is 11.1 Å². The second-order valence-corrected chi connectivity index (χ2v) is 3.60. The number of benzene rings is 1. The molecule has 5 heteroatoms. The number of hydrogen-bond acceptors (Lipinski definition) is 4. The zero-order chi connectivity index (χ0) is 11.8. The molecule has 0 radical (unpaired) electrons. The molecule has 0 spiro atoms. The quantitative estimate of drug-likeness (QED) is 0.641. The molecule has 0 unspecified atom stereocenters. The molecule has 82 valence electrons. The SMILES string of the molecule is N#Cc1cccn1-c1nc2cc(N)ccc2o1. The number of nitrogens with two attached hydrogens (primary N) is 1. The Morgan fingerprint density at radius 1 is 1.35 bits per heavy atom. The molecule has 3 aromatic rings. The van der Waals surface area contributed by atoms with Crippen LogP contribution in [0.4, 0.5) is 5.69 Å². The molecule has 0 fully saturated rings. The second kappa shape index (κ2) is 3.39. The third kappa shape index (κ3) is 1.43. The van der Waals surface area contributed by atoms with Gasteiger partial charge in [0, 0.05) is 11.9 Å². The van der Waals surface area contributed by atoms with E-state index in [-0.39, 0.29) is 0 Å². The van der Waals surface area contributed by atoms with Crippen molar-refractivity contribution in [3.63, 3.8) is 0 Å². The molecule has 0 saturated carbocycles. The molecule has 0 aliphatic rings. The molecule has 0 atom stereocenters. The summed E-state index contributed by atoms with van der Waals surface area (Å²) in [6.45, 7) is 0. The molecule has 0 bridgehead atoms. The van der Waals surface area contributed by atoms with Crippen LogP contribution in [0.25, 0.3) is 17.1 Å². The maximum absolute atomic E-state index is 8.93. The van der Waals surface area contributed by atoms with Crippen molar-refractivity contribution in [2.24, 2.45) is 0 Å². The molecular weight excluding hydrogens is 216 g/mol. The van der Waals surface area contributed by atoms with Gasteiger partial charge in [-0.15, -0.1) is 0 Å². The van der Waals surface area contributed by atoms with Crippen LogP contribution in [0.15, 0.2) is 40.9 Å². The lowest BCUT2D eigenvalue weighted by molar-refractivity contribution is 0.563. The van der Waals surface area contributed by atoms with E-state index in [0.717, 1.165) is 0 Å². The highest BCUT2D eigenvalue weighted by Gasteiger charge is 2.10. The number of nitriles is 1. The highest BCUT2D eigenvalue weighted by Crippen LogP contribution is 2.21. The first-order valence-corrected chi connectivity index (χ1v) is 5.02. The topological polar surface area (TPSA) is 80.8 Å². The molecule has 0 aliphatic carbocycles. The van der Waals surface area contributed by atoms with E-state index in [0.29, 0.717) is 28.5 Å². The van der Waals surface area contributed by atoms with E-state index in [1.165, 1.54) is 0 Å². The standard InChI is InChI=1S/C12H8N4O/c13-7-9-2-1-5-16(9)12-15-10-6-8(14)3-4-11(10)17-12/h1-6H,14H2. The van der Waals surface area contributed by atoms with Gasteiger partial charge in [-0.25, -0.2) is 0 Å². The Labute approximate surface area is 96.7 Å². The number of nitrogens with zero attached hydrogens (tertiary/aromatic N) is 3. The van der Waals surface area contributed by atoms with E-state index in [9.17, 15) is 0 Å². The fourth-order valence-corrected chi connectivity index (χ4v) is 1.67. The smallest absolute Gasteiger partial charge is 0.307 e. The van der Waals surface area contributed by atoms with Gasteiger partial charge in [-0.2, -0.15) is 10.2 Å². The molecule has 0 amide bonds. The fourth-order valence-electron chi connectivity index (χ4n) is 1.67. The molecule has 1 aromatic carbocycles. The van der Waals surface area contributed by atoms with Gasteiger partial charge < -0.3 is 10.2 Å². The maximum atomic E-state index is 8.93. The summed E-state index contributed by atoms with van der Waals surface area (Å²) in [5, 5.41) is 8.93. The lowest BCUT2D eigenvalue weighted by Crippen LogP contribution is -1.94. The van der Waals surface area contributed by atoms with Crippen LogP contribution in [-0.2, 0) is 0 Å². The first kappa shape index (κ1) is 9.48. The van der Waals surface area contributed by atoms with Gasteiger partial charge in [-0.1, -0.05) is 0 Å². The summed E-state index contributed by atoms with van der Waals surface area (Å²) in [5.41, 5.74) is 8.10. The molecule has 2 aromatic heterocycles. The van der Waals surface area contributed by atoms with Crippen LogP contribution < -0.4 is 5.73 Å². The van der Waals surface area contributed by atoms with Crippen molar-refractivity contribution in [2.75, 3.05) is 5.73 Å². The number of rotatable bonds is 1. The molecular formula is C12H8N4O. The minimum atomic E-state index is 0.368. The summed E-state index contributed by atoms with van der Waals surface area (Å²) in [5.74, 6) is 0. The Hall–Kier alpha value is -2.74. The van der Waals surface area contributed by atoms with Crippen LogP contribution in [0.5, 0.6) is 0 Å². The summed E-state index contributed by atoms with van der Waals surface area (Å²) in [6, 6.07) is 11.1. The summed E-state index contributed by atoms with van der Waals surface area (Å²) >= 11 is 0. The molecule has 0 aliphatic heterocycles. The van der Waals surface area contributed by atoms with Crippen molar-refractivity contribution in [3.05, 3.63) is 42.2 Å². The Bertz CT molecular complexity index is 732. The van der Waals surface area contributed by atoms with Gasteiger partial charge in [0.15, 0.2) is 5.58 Å². The largest absolute Gasteiger partial charge is 0.423 e. The molecule has 2 heterocycles. The number of oxazole rings is 1. The summed E-state index contributed by atoms with van der Waals surface area (Å²) in [6.07, 6.45) is 1.73. The third-order valence-electron chi connectivity index (χ3n) is 2.47. The highest BCUT2D eigenvalue weighted by atomic mass is 16.4. The van der Waals surface area contributed by atoms with E-state index < -0.39 is 0 Å². The van der Waals surface area contributed by atoms with Gasteiger partial charge in [0.1, 0.15) is 17.3 Å². The highest BCUT2D eigenvalue weighted by molar-refractivity contribution is 5.77. The van der Waals surface area contributed by atoms with Gasteiger partial charge in [-0.05, 0) is 30.3 Å². The van der Waals surface area contributed by atoms with Gasteiger partial charge in [0.25, 0.3) is 0 Å². The average Bonchev–Trinajstić information content (AvgIpc) is 2.93. The first-order valence-electron chi connectivity index (χ1n) is 5.02. The van der Waals surface area contributed by atoms with Gasteiger partial charge in [-0.3, -0.25) is 4.57 Å². The lowest BCUT2D eigenvalue weighted by atomic mass is 10.3. The van der Waals surface area contributed by atoms with Gasteiger partial charge in [0.05, 0.1) is 0 Å². The van der Waals surface area contributed by atoms with Crippen molar-refractivity contribution in [1.82, 2.24) is 9.55 Å². The van der Waals surface area contributed by atoms with Gasteiger partial charge in [0.2, 0.25) is 0 Å². The Kier molecular flexibility index (Phi) is 1.89. The van der Waals surface area contributed by atoms with Crippen LogP contribution in [0, 0.1) is 11.3 Å². The van der Waals surface area contributed by atoms with Crippen molar-refractivity contribution >= 4 is 16.8 Å². The van der Waals surface area contributed by atoms with Crippen LogP contribution in [0.3, 0.4) is 0 Å². The molecule has 17 heavy (non-hydrogen) atoms. The zero-order valence-corrected chi connectivity index (χ0v) is 8.79. The normalized spacial score (nSPS) is 10.5. The van der Waals surface area contributed by atoms with Crippen molar-refractivity contribution in [1.29, 1.82) is 5.26 Å². The van der Waals surface area contributed by atoms with Crippen molar-refractivity contribution < 1.29 is 4.42 Å². The van der Waals surface area contributed by atoms with E-state index in [4.69, 9.17) is 15.4 Å². The molecule has 5 nitrogen and oxygen atoms in total. The van der Waals surface area contributed by atoms with E-state index in [1.807, 2.05) is 0 Å². The monoisotopic (exact) mass is 224 g/mol. The minimum Gasteiger partial charge on any atom is -0.423 e. The number of anilines is 1. The number of fused-ring (bicyclic) bond motifs is 1. The van der Waals surface area contributed by atoms with E-state index >= 15 is 0 Å². The zero-order valence-electron chi connectivity index (χ0n) is 8.79. The summed E-state index contributed by atoms with van der Waals surface area (Å²) in [7, 11) is 0. The van der Waals surface area contributed by atoms with Crippen LogP contribution in [-0.4, -0.2) is 9.55 Å². The second-order valence-electron chi connectivity index (χ2n) is 3.60. The first-order chi connectivity index (χ1) is 8.28.